The van der Waals surface area contributed by atoms with E-state index in [2.05, 4.69) is 18.1 Å². The van der Waals surface area contributed by atoms with Crippen LogP contribution >= 0.6 is 0 Å². The van der Waals surface area contributed by atoms with E-state index in [-0.39, 0.29) is 0 Å². The first-order valence-corrected chi connectivity index (χ1v) is 11.2. The van der Waals surface area contributed by atoms with Crippen molar-refractivity contribution in [3.8, 4) is 0 Å². The SMILES string of the molecule is [CH]1NC=C(C2CCCCC2)C(C2CCCCC2)C1C1CCCCC1. The molecule has 3 fully saturated rings. The highest BCUT2D eigenvalue weighted by atomic mass is 14.9. The second-order valence-corrected chi connectivity index (χ2v) is 9.21. The van der Waals surface area contributed by atoms with Gasteiger partial charge in [0.2, 0.25) is 0 Å². The molecule has 4 rings (SSSR count). The van der Waals surface area contributed by atoms with E-state index in [9.17, 15) is 0 Å². The Morgan fingerprint density at radius 2 is 1.17 bits per heavy atom. The number of hydrogen-bond donors (Lipinski definition) is 1. The van der Waals surface area contributed by atoms with Crippen LogP contribution in [0.2, 0.25) is 0 Å². The molecule has 1 heterocycles. The van der Waals surface area contributed by atoms with E-state index >= 15 is 0 Å². The normalized spacial score (nSPS) is 34.6. The molecule has 0 aromatic rings. The monoisotopic (exact) mass is 328 g/mol. The van der Waals surface area contributed by atoms with Crippen molar-refractivity contribution < 1.29 is 0 Å². The zero-order valence-corrected chi connectivity index (χ0v) is 15.6. The van der Waals surface area contributed by atoms with E-state index in [0.717, 1.165) is 29.6 Å². The van der Waals surface area contributed by atoms with Crippen molar-refractivity contribution in [3.05, 3.63) is 18.3 Å². The Morgan fingerprint density at radius 3 is 1.79 bits per heavy atom. The summed E-state index contributed by atoms with van der Waals surface area (Å²) in [5.41, 5.74) is 1.86. The molecule has 0 saturated heterocycles. The zero-order chi connectivity index (χ0) is 16.2. The van der Waals surface area contributed by atoms with Crippen LogP contribution in [0.3, 0.4) is 0 Å². The molecule has 24 heavy (non-hydrogen) atoms. The molecule has 2 unspecified atom stereocenters. The minimum atomic E-state index is 0.829. The summed E-state index contributed by atoms with van der Waals surface area (Å²) in [6.07, 6.45) is 24.7. The van der Waals surface area contributed by atoms with Crippen molar-refractivity contribution in [1.82, 2.24) is 5.32 Å². The molecule has 0 spiro atoms. The lowest BCUT2D eigenvalue weighted by Gasteiger charge is -2.46. The summed E-state index contributed by atoms with van der Waals surface area (Å²) in [5.74, 6) is 4.56. The van der Waals surface area contributed by atoms with Gasteiger partial charge in [0.1, 0.15) is 0 Å². The molecule has 1 radical (unpaired) electrons. The second-order valence-electron chi connectivity index (χ2n) is 9.21. The smallest absolute Gasteiger partial charge is 0.0496 e. The third-order valence-corrected chi connectivity index (χ3v) is 7.77. The minimum absolute atomic E-state index is 0.829. The molecule has 0 aromatic heterocycles. The molecule has 3 aliphatic carbocycles. The van der Waals surface area contributed by atoms with Crippen LogP contribution in [0.5, 0.6) is 0 Å². The maximum Gasteiger partial charge on any atom is 0.0496 e. The number of rotatable bonds is 3. The van der Waals surface area contributed by atoms with Gasteiger partial charge in [-0.15, -0.1) is 0 Å². The molecular weight excluding hydrogens is 290 g/mol. The van der Waals surface area contributed by atoms with Crippen LogP contribution in [-0.4, -0.2) is 0 Å². The predicted octanol–water partition coefficient (Wildman–Crippen LogP) is 6.61. The lowest BCUT2D eigenvalue weighted by molar-refractivity contribution is 0.129. The molecular formula is C23H38N. The van der Waals surface area contributed by atoms with Crippen LogP contribution in [0.1, 0.15) is 96.3 Å². The summed E-state index contributed by atoms with van der Waals surface area (Å²) in [5, 5.41) is 3.66. The van der Waals surface area contributed by atoms with Gasteiger partial charge in [0.15, 0.2) is 0 Å². The standard InChI is InChI=1S/C23H38N/c1-4-10-18(11-5-1)21-16-24-17-22(19-12-6-2-7-13-19)23(21)20-14-8-3-9-15-20/h16-21,23-24H,1-15H2. The Balaban J connectivity index is 1.56. The van der Waals surface area contributed by atoms with Crippen molar-refractivity contribution in [2.75, 3.05) is 0 Å². The van der Waals surface area contributed by atoms with E-state index in [0.29, 0.717) is 0 Å². The molecule has 3 saturated carbocycles. The first-order valence-electron chi connectivity index (χ1n) is 11.2. The molecule has 1 aliphatic heterocycles. The molecule has 2 atom stereocenters. The fraction of sp³-hybridized carbons (Fsp3) is 0.870. The number of hydrogen-bond acceptors (Lipinski definition) is 1. The van der Waals surface area contributed by atoms with Gasteiger partial charge >= 0.3 is 0 Å². The van der Waals surface area contributed by atoms with Crippen LogP contribution in [0.25, 0.3) is 0 Å². The Morgan fingerprint density at radius 1 is 0.625 bits per heavy atom. The van der Waals surface area contributed by atoms with E-state index in [1.54, 1.807) is 0 Å². The van der Waals surface area contributed by atoms with Crippen molar-refractivity contribution >= 4 is 0 Å². The maximum atomic E-state index is 3.66. The van der Waals surface area contributed by atoms with Gasteiger partial charge in [0.25, 0.3) is 0 Å². The predicted molar refractivity (Wildman–Crippen MR) is 102 cm³/mol. The number of allylic oxidation sites excluding steroid dienone is 1. The zero-order valence-electron chi connectivity index (χ0n) is 15.6. The van der Waals surface area contributed by atoms with E-state index in [1.807, 2.05) is 5.57 Å². The summed E-state index contributed by atoms with van der Waals surface area (Å²) in [7, 11) is 0. The Hall–Kier alpha value is -0.460. The van der Waals surface area contributed by atoms with Gasteiger partial charge in [0.05, 0.1) is 0 Å². The highest BCUT2D eigenvalue weighted by Gasteiger charge is 2.41. The van der Waals surface area contributed by atoms with Crippen molar-refractivity contribution in [3.63, 3.8) is 0 Å². The third kappa shape index (κ3) is 3.70. The highest BCUT2D eigenvalue weighted by Crippen LogP contribution is 2.49. The summed E-state index contributed by atoms with van der Waals surface area (Å²) in [4.78, 5) is 0. The highest BCUT2D eigenvalue weighted by molar-refractivity contribution is 5.20. The molecule has 1 N–H and O–H groups in total. The average molecular weight is 329 g/mol. The third-order valence-electron chi connectivity index (χ3n) is 7.77. The van der Waals surface area contributed by atoms with Crippen LogP contribution in [-0.2, 0) is 0 Å². The molecule has 1 nitrogen and oxygen atoms in total. The van der Waals surface area contributed by atoms with Gasteiger partial charge in [0, 0.05) is 6.54 Å². The van der Waals surface area contributed by atoms with Crippen LogP contribution in [0.4, 0.5) is 0 Å². The average Bonchev–Trinajstić information content (AvgIpc) is 2.69. The van der Waals surface area contributed by atoms with Crippen LogP contribution in [0, 0.1) is 36.1 Å². The van der Waals surface area contributed by atoms with Gasteiger partial charge < -0.3 is 5.32 Å². The number of nitrogens with one attached hydrogen (secondary N) is 1. The van der Waals surface area contributed by atoms with Crippen LogP contribution in [0.15, 0.2) is 11.8 Å². The molecule has 0 aromatic carbocycles. The first kappa shape index (κ1) is 17.0. The fourth-order valence-corrected chi connectivity index (χ4v) is 6.53. The van der Waals surface area contributed by atoms with Crippen molar-refractivity contribution in [2.24, 2.45) is 29.6 Å². The van der Waals surface area contributed by atoms with Gasteiger partial charge in [-0.2, -0.15) is 0 Å². The summed E-state index contributed by atoms with van der Waals surface area (Å²) in [6.45, 7) is 2.53. The molecule has 0 bridgehead atoms. The molecule has 135 valence electrons. The topological polar surface area (TPSA) is 12.0 Å². The van der Waals surface area contributed by atoms with Gasteiger partial charge in [-0.3, -0.25) is 0 Å². The first-order chi connectivity index (χ1) is 11.9. The van der Waals surface area contributed by atoms with E-state index in [4.69, 9.17) is 0 Å². The summed E-state index contributed by atoms with van der Waals surface area (Å²) >= 11 is 0. The van der Waals surface area contributed by atoms with Crippen molar-refractivity contribution in [2.45, 2.75) is 96.3 Å². The largest absolute Gasteiger partial charge is 0.386 e. The molecule has 4 aliphatic rings. The molecule has 1 heteroatoms. The quantitative estimate of drug-likeness (QED) is 0.614. The summed E-state index contributed by atoms with van der Waals surface area (Å²) < 4.78 is 0. The maximum absolute atomic E-state index is 3.66. The fourth-order valence-electron chi connectivity index (χ4n) is 6.53. The Bertz CT molecular complexity index is 408. The van der Waals surface area contributed by atoms with E-state index < -0.39 is 0 Å². The second kappa shape index (κ2) is 8.28. The van der Waals surface area contributed by atoms with Gasteiger partial charge in [-0.05, 0) is 67.0 Å². The lowest BCUT2D eigenvalue weighted by atomic mass is 9.61. The van der Waals surface area contributed by atoms with Crippen molar-refractivity contribution in [1.29, 1.82) is 0 Å². The van der Waals surface area contributed by atoms with Crippen LogP contribution < -0.4 is 5.32 Å². The Kier molecular flexibility index (Phi) is 5.86. The Labute approximate surface area is 150 Å². The van der Waals surface area contributed by atoms with E-state index in [1.165, 1.54) is 96.3 Å². The summed E-state index contributed by atoms with van der Waals surface area (Å²) in [6, 6.07) is 0. The minimum Gasteiger partial charge on any atom is -0.386 e. The van der Waals surface area contributed by atoms with Gasteiger partial charge in [-0.1, -0.05) is 70.6 Å². The molecule has 0 amide bonds. The lowest BCUT2D eigenvalue weighted by Crippen LogP contribution is -2.41. The van der Waals surface area contributed by atoms with Gasteiger partial charge in [-0.25, -0.2) is 0 Å².